The minimum atomic E-state index is -3.83. The molecule has 6 nitrogen and oxygen atoms in total. The van der Waals surface area contributed by atoms with E-state index in [9.17, 15) is 18.0 Å². The molecule has 2 aromatic rings. The summed E-state index contributed by atoms with van der Waals surface area (Å²) in [5.41, 5.74) is 2.03. The molecule has 1 amide bonds. The highest BCUT2D eigenvalue weighted by atomic mass is 32.2. The summed E-state index contributed by atoms with van der Waals surface area (Å²) in [6.07, 6.45) is 0.981. The Morgan fingerprint density at radius 3 is 2.32 bits per heavy atom. The summed E-state index contributed by atoms with van der Waals surface area (Å²) in [6, 6.07) is 13.0. The Hall–Kier alpha value is -2.51. The molecule has 0 atom stereocenters. The molecular formula is C18H20N2O4S. The molecule has 0 aliphatic carbocycles. The first-order valence-corrected chi connectivity index (χ1v) is 9.39. The highest BCUT2D eigenvalue weighted by Gasteiger charge is 2.12. The van der Waals surface area contributed by atoms with Crippen molar-refractivity contribution in [2.24, 2.45) is 5.14 Å². The summed E-state index contributed by atoms with van der Waals surface area (Å²) in [5.74, 6) is -0.485. The van der Waals surface area contributed by atoms with Crippen LogP contribution >= 0.6 is 0 Å². The Kier molecular flexibility index (Phi) is 6.06. The van der Waals surface area contributed by atoms with E-state index < -0.39 is 10.0 Å². The molecule has 2 rings (SSSR count). The number of ketones is 1. The van der Waals surface area contributed by atoms with Gasteiger partial charge in [0.05, 0.1) is 4.90 Å². The number of nitrogens with one attached hydrogen (secondary N) is 1. The Labute approximate surface area is 147 Å². The van der Waals surface area contributed by atoms with E-state index in [1.54, 1.807) is 18.2 Å². The molecule has 0 saturated heterocycles. The molecule has 0 bridgehead atoms. The van der Waals surface area contributed by atoms with Gasteiger partial charge in [-0.05, 0) is 30.2 Å². The molecule has 7 heteroatoms. The summed E-state index contributed by atoms with van der Waals surface area (Å²) < 4.78 is 22.6. The van der Waals surface area contributed by atoms with Gasteiger partial charge < -0.3 is 5.32 Å². The van der Waals surface area contributed by atoms with Crippen LogP contribution in [0.4, 0.5) is 5.69 Å². The Morgan fingerprint density at radius 1 is 1.04 bits per heavy atom. The number of hydrogen-bond acceptors (Lipinski definition) is 4. The van der Waals surface area contributed by atoms with Crippen molar-refractivity contribution >= 4 is 27.4 Å². The Balaban J connectivity index is 1.93. The van der Waals surface area contributed by atoms with Crippen LogP contribution in [0.25, 0.3) is 0 Å². The third kappa shape index (κ3) is 5.51. The molecular weight excluding hydrogens is 340 g/mol. The maximum Gasteiger partial charge on any atom is 0.238 e. The largest absolute Gasteiger partial charge is 0.326 e. The van der Waals surface area contributed by atoms with Gasteiger partial charge in [-0.15, -0.1) is 0 Å². The monoisotopic (exact) mass is 360 g/mol. The number of Topliss-reactive ketones (excluding diaryl/α,β-unsaturated/α-hetero) is 1. The van der Waals surface area contributed by atoms with Gasteiger partial charge in [-0.3, -0.25) is 9.59 Å². The second-order valence-electron chi connectivity index (χ2n) is 5.59. The van der Waals surface area contributed by atoms with E-state index >= 15 is 0 Å². The first-order valence-electron chi connectivity index (χ1n) is 7.84. The Bertz CT molecular complexity index is 874. The Morgan fingerprint density at radius 2 is 1.72 bits per heavy atom. The second-order valence-corrected chi connectivity index (χ2v) is 7.16. The summed E-state index contributed by atoms with van der Waals surface area (Å²) >= 11 is 0. The lowest BCUT2D eigenvalue weighted by atomic mass is 10.0. The maximum atomic E-state index is 12.1. The predicted octanol–water partition coefficient (Wildman–Crippen LogP) is 2.50. The zero-order valence-electron chi connectivity index (χ0n) is 13.9. The van der Waals surface area contributed by atoms with Crippen molar-refractivity contribution < 1.29 is 18.0 Å². The molecule has 0 radical (unpaired) electrons. The molecule has 0 saturated carbocycles. The summed E-state index contributed by atoms with van der Waals surface area (Å²) in [7, 11) is -3.83. The predicted molar refractivity (Wildman–Crippen MR) is 95.8 cm³/mol. The maximum absolute atomic E-state index is 12.1. The van der Waals surface area contributed by atoms with Crippen LogP contribution in [0.15, 0.2) is 53.4 Å². The van der Waals surface area contributed by atoms with Crippen molar-refractivity contribution in [2.75, 3.05) is 5.32 Å². The van der Waals surface area contributed by atoms with Crippen molar-refractivity contribution in [2.45, 2.75) is 31.1 Å². The molecule has 0 unspecified atom stereocenters. The van der Waals surface area contributed by atoms with Crippen molar-refractivity contribution in [3.63, 3.8) is 0 Å². The number of carbonyl (C=O) groups is 2. The molecule has 0 aromatic heterocycles. The number of anilines is 1. The van der Waals surface area contributed by atoms with E-state index in [4.69, 9.17) is 5.14 Å². The fourth-order valence-corrected chi connectivity index (χ4v) is 2.83. The average Bonchev–Trinajstić information content (AvgIpc) is 2.59. The molecule has 0 aliphatic heterocycles. The first-order chi connectivity index (χ1) is 11.8. The van der Waals surface area contributed by atoms with Gasteiger partial charge in [-0.25, -0.2) is 13.6 Å². The van der Waals surface area contributed by atoms with Crippen LogP contribution < -0.4 is 10.5 Å². The van der Waals surface area contributed by atoms with Crippen LogP contribution in [-0.2, 0) is 21.2 Å². The molecule has 3 N–H and O–H groups in total. The van der Waals surface area contributed by atoms with Crippen molar-refractivity contribution in [3.8, 4) is 0 Å². The van der Waals surface area contributed by atoms with Gasteiger partial charge in [0.1, 0.15) is 0 Å². The third-order valence-corrected chi connectivity index (χ3v) is 4.62. The molecule has 0 spiro atoms. The van der Waals surface area contributed by atoms with Crippen LogP contribution in [-0.4, -0.2) is 20.1 Å². The third-order valence-electron chi connectivity index (χ3n) is 3.71. The smallest absolute Gasteiger partial charge is 0.238 e. The number of sulfonamides is 1. The standard InChI is InChI=1S/C18H20N2O4S/c1-2-13-6-8-14(9-7-13)17(21)10-11-18(22)20-15-4-3-5-16(12-15)25(19,23)24/h3-9,12H,2,10-11H2,1H3,(H,20,22)(H2,19,23,24). The number of hydrogen-bond donors (Lipinski definition) is 2. The number of aryl methyl sites for hydroxylation is 1. The lowest BCUT2D eigenvalue weighted by Crippen LogP contribution is -2.15. The van der Waals surface area contributed by atoms with Gasteiger partial charge in [0, 0.05) is 24.1 Å². The molecule has 2 aromatic carbocycles. The van der Waals surface area contributed by atoms with Gasteiger partial charge in [-0.1, -0.05) is 37.3 Å². The van der Waals surface area contributed by atoms with Gasteiger partial charge in [0.2, 0.25) is 15.9 Å². The lowest BCUT2D eigenvalue weighted by Gasteiger charge is -2.07. The minimum absolute atomic E-state index is 0.00790. The minimum Gasteiger partial charge on any atom is -0.326 e. The average molecular weight is 360 g/mol. The van der Waals surface area contributed by atoms with E-state index in [1.165, 1.54) is 18.2 Å². The summed E-state index contributed by atoms with van der Waals surface area (Å²) in [4.78, 5) is 24.0. The van der Waals surface area contributed by atoms with Gasteiger partial charge in [0.25, 0.3) is 0 Å². The fourth-order valence-electron chi connectivity index (χ4n) is 2.27. The second kappa shape index (κ2) is 8.04. The van der Waals surface area contributed by atoms with Gasteiger partial charge in [0.15, 0.2) is 5.78 Å². The summed E-state index contributed by atoms with van der Waals surface area (Å²) in [5, 5.41) is 7.62. The number of benzene rings is 2. The lowest BCUT2D eigenvalue weighted by molar-refractivity contribution is -0.116. The number of nitrogens with two attached hydrogens (primary N) is 1. The van der Waals surface area contributed by atoms with E-state index in [1.807, 2.05) is 19.1 Å². The quantitative estimate of drug-likeness (QED) is 0.740. The van der Waals surface area contributed by atoms with Crippen LogP contribution in [0, 0.1) is 0 Å². The van der Waals surface area contributed by atoms with E-state index in [0.717, 1.165) is 12.0 Å². The highest BCUT2D eigenvalue weighted by Crippen LogP contribution is 2.15. The number of primary sulfonamides is 1. The fraction of sp³-hybridized carbons (Fsp3) is 0.222. The molecule has 0 fully saturated rings. The van der Waals surface area contributed by atoms with Crippen molar-refractivity contribution in [3.05, 3.63) is 59.7 Å². The number of amides is 1. The zero-order chi connectivity index (χ0) is 18.4. The normalized spacial score (nSPS) is 11.1. The molecule has 132 valence electrons. The summed E-state index contributed by atoms with van der Waals surface area (Å²) in [6.45, 7) is 2.03. The molecule has 25 heavy (non-hydrogen) atoms. The van der Waals surface area contributed by atoms with Crippen molar-refractivity contribution in [1.29, 1.82) is 0 Å². The van der Waals surface area contributed by atoms with Crippen molar-refractivity contribution in [1.82, 2.24) is 0 Å². The van der Waals surface area contributed by atoms with Crippen LogP contribution in [0.2, 0.25) is 0 Å². The number of rotatable bonds is 7. The van der Waals surface area contributed by atoms with Gasteiger partial charge in [-0.2, -0.15) is 0 Å². The highest BCUT2D eigenvalue weighted by molar-refractivity contribution is 7.89. The molecule has 0 heterocycles. The van der Waals surface area contributed by atoms with E-state index in [2.05, 4.69) is 5.32 Å². The van der Waals surface area contributed by atoms with E-state index in [-0.39, 0.29) is 29.4 Å². The van der Waals surface area contributed by atoms with Crippen LogP contribution in [0.5, 0.6) is 0 Å². The van der Waals surface area contributed by atoms with Crippen LogP contribution in [0.3, 0.4) is 0 Å². The zero-order valence-corrected chi connectivity index (χ0v) is 14.7. The topological polar surface area (TPSA) is 106 Å². The molecule has 0 aliphatic rings. The van der Waals surface area contributed by atoms with Crippen LogP contribution in [0.1, 0.15) is 35.7 Å². The number of carbonyl (C=O) groups excluding carboxylic acids is 2. The SMILES string of the molecule is CCc1ccc(C(=O)CCC(=O)Nc2cccc(S(N)(=O)=O)c2)cc1. The first kappa shape index (κ1) is 18.8. The van der Waals surface area contributed by atoms with Gasteiger partial charge >= 0.3 is 0 Å². The van der Waals surface area contributed by atoms with E-state index in [0.29, 0.717) is 11.3 Å².